The molecule has 0 unspecified atom stereocenters. The van der Waals surface area contributed by atoms with Crippen molar-refractivity contribution < 1.29 is 9.47 Å². The highest BCUT2D eigenvalue weighted by molar-refractivity contribution is 6.30. The van der Waals surface area contributed by atoms with Crippen LogP contribution in [0.1, 0.15) is 19.4 Å². The standard InChI is InChI=1S/C14H22ClNO2/c1-14(2,10-16-7-8-17-3)12-9-11(15)5-6-13(12)18-4/h5-6,9,16H,7-8,10H2,1-4H3. The first kappa shape index (κ1) is 15.3. The lowest BCUT2D eigenvalue weighted by Crippen LogP contribution is -2.35. The molecule has 0 aliphatic rings. The Kier molecular flexibility index (Phi) is 5.93. The monoisotopic (exact) mass is 271 g/mol. The topological polar surface area (TPSA) is 30.5 Å². The van der Waals surface area contributed by atoms with E-state index in [-0.39, 0.29) is 5.41 Å². The van der Waals surface area contributed by atoms with E-state index in [1.807, 2.05) is 18.2 Å². The highest BCUT2D eigenvalue weighted by Crippen LogP contribution is 2.33. The number of hydrogen-bond acceptors (Lipinski definition) is 3. The van der Waals surface area contributed by atoms with Gasteiger partial charge in [0.15, 0.2) is 0 Å². The molecular formula is C14H22ClNO2. The largest absolute Gasteiger partial charge is 0.496 e. The summed E-state index contributed by atoms with van der Waals surface area (Å²) in [4.78, 5) is 0. The highest BCUT2D eigenvalue weighted by atomic mass is 35.5. The van der Waals surface area contributed by atoms with Gasteiger partial charge in [0.25, 0.3) is 0 Å². The van der Waals surface area contributed by atoms with Gasteiger partial charge in [-0.15, -0.1) is 0 Å². The molecule has 1 aromatic rings. The van der Waals surface area contributed by atoms with Crippen molar-refractivity contribution in [2.75, 3.05) is 33.9 Å². The maximum Gasteiger partial charge on any atom is 0.122 e. The summed E-state index contributed by atoms with van der Waals surface area (Å²) in [6, 6.07) is 5.73. The maximum atomic E-state index is 6.07. The minimum Gasteiger partial charge on any atom is -0.496 e. The molecule has 4 heteroatoms. The average Bonchev–Trinajstić information content (AvgIpc) is 2.35. The van der Waals surface area contributed by atoms with Crippen LogP contribution in [0.3, 0.4) is 0 Å². The van der Waals surface area contributed by atoms with Crippen molar-refractivity contribution >= 4 is 11.6 Å². The summed E-state index contributed by atoms with van der Waals surface area (Å²) in [5.41, 5.74) is 1.06. The summed E-state index contributed by atoms with van der Waals surface area (Å²) < 4.78 is 10.4. The SMILES string of the molecule is COCCNCC(C)(C)c1cc(Cl)ccc1OC. The van der Waals surface area contributed by atoms with Gasteiger partial charge in [0, 0.05) is 36.2 Å². The van der Waals surface area contributed by atoms with Crippen LogP contribution in [0.2, 0.25) is 5.02 Å². The Morgan fingerprint density at radius 2 is 2.00 bits per heavy atom. The van der Waals surface area contributed by atoms with Gasteiger partial charge < -0.3 is 14.8 Å². The number of ether oxygens (including phenoxy) is 2. The van der Waals surface area contributed by atoms with Crippen LogP contribution in [0.15, 0.2) is 18.2 Å². The highest BCUT2D eigenvalue weighted by Gasteiger charge is 2.24. The van der Waals surface area contributed by atoms with E-state index in [4.69, 9.17) is 21.1 Å². The van der Waals surface area contributed by atoms with Crippen molar-refractivity contribution in [3.8, 4) is 5.75 Å². The molecule has 0 aliphatic heterocycles. The van der Waals surface area contributed by atoms with Gasteiger partial charge in [-0.05, 0) is 18.2 Å². The molecule has 0 radical (unpaired) electrons. The summed E-state index contributed by atoms with van der Waals surface area (Å²) in [6.45, 7) is 6.72. The molecule has 1 N–H and O–H groups in total. The molecule has 102 valence electrons. The normalized spacial score (nSPS) is 11.6. The van der Waals surface area contributed by atoms with E-state index in [1.165, 1.54) is 0 Å². The summed E-state index contributed by atoms with van der Waals surface area (Å²) >= 11 is 6.07. The Morgan fingerprint density at radius 3 is 2.61 bits per heavy atom. The lowest BCUT2D eigenvalue weighted by atomic mass is 9.84. The molecule has 0 bridgehead atoms. The van der Waals surface area contributed by atoms with Gasteiger partial charge in [-0.25, -0.2) is 0 Å². The van der Waals surface area contributed by atoms with E-state index in [0.717, 1.165) is 29.4 Å². The van der Waals surface area contributed by atoms with Crippen LogP contribution in [-0.2, 0) is 10.2 Å². The molecular weight excluding hydrogens is 250 g/mol. The van der Waals surface area contributed by atoms with Crippen LogP contribution >= 0.6 is 11.6 Å². The second kappa shape index (κ2) is 6.98. The smallest absolute Gasteiger partial charge is 0.122 e. The third kappa shape index (κ3) is 4.16. The van der Waals surface area contributed by atoms with Crippen LogP contribution in [0.4, 0.5) is 0 Å². The van der Waals surface area contributed by atoms with E-state index in [2.05, 4.69) is 19.2 Å². The number of benzene rings is 1. The fourth-order valence-electron chi connectivity index (χ4n) is 1.88. The zero-order valence-corrected chi connectivity index (χ0v) is 12.3. The van der Waals surface area contributed by atoms with Gasteiger partial charge >= 0.3 is 0 Å². The third-order valence-corrected chi connectivity index (χ3v) is 3.18. The molecule has 0 aromatic heterocycles. The lowest BCUT2D eigenvalue weighted by Gasteiger charge is -2.27. The van der Waals surface area contributed by atoms with Gasteiger partial charge in [-0.3, -0.25) is 0 Å². The van der Waals surface area contributed by atoms with Crippen molar-refractivity contribution in [2.45, 2.75) is 19.3 Å². The van der Waals surface area contributed by atoms with Crippen molar-refractivity contribution in [1.29, 1.82) is 0 Å². The zero-order valence-electron chi connectivity index (χ0n) is 11.5. The van der Waals surface area contributed by atoms with Crippen LogP contribution in [-0.4, -0.2) is 33.9 Å². The molecule has 0 saturated heterocycles. The van der Waals surface area contributed by atoms with Crippen LogP contribution in [0, 0.1) is 0 Å². The van der Waals surface area contributed by atoms with Gasteiger partial charge in [0.1, 0.15) is 5.75 Å². The summed E-state index contributed by atoms with van der Waals surface area (Å²) in [5.74, 6) is 0.873. The van der Waals surface area contributed by atoms with E-state index in [9.17, 15) is 0 Å². The molecule has 1 aromatic carbocycles. The molecule has 0 atom stereocenters. The zero-order chi connectivity index (χ0) is 13.6. The van der Waals surface area contributed by atoms with E-state index < -0.39 is 0 Å². The van der Waals surface area contributed by atoms with Gasteiger partial charge in [0.2, 0.25) is 0 Å². The van der Waals surface area contributed by atoms with Crippen LogP contribution < -0.4 is 10.1 Å². The minimum atomic E-state index is -0.0516. The summed E-state index contributed by atoms with van der Waals surface area (Å²) in [5, 5.41) is 4.10. The Morgan fingerprint density at radius 1 is 1.28 bits per heavy atom. The molecule has 0 aliphatic carbocycles. The number of halogens is 1. The maximum absolute atomic E-state index is 6.07. The van der Waals surface area contributed by atoms with Crippen molar-refractivity contribution in [3.05, 3.63) is 28.8 Å². The second-order valence-corrected chi connectivity index (χ2v) is 5.33. The first-order valence-corrected chi connectivity index (χ1v) is 6.42. The fraction of sp³-hybridized carbons (Fsp3) is 0.571. The van der Waals surface area contributed by atoms with Crippen molar-refractivity contribution in [2.24, 2.45) is 0 Å². The molecule has 0 fully saturated rings. The third-order valence-electron chi connectivity index (χ3n) is 2.94. The van der Waals surface area contributed by atoms with E-state index in [1.54, 1.807) is 14.2 Å². The molecule has 0 heterocycles. The summed E-state index contributed by atoms with van der Waals surface area (Å²) in [7, 11) is 3.38. The number of nitrogens with one attached hydrogen (secondary N) is 1. The Balaban J connectivity index is 2.79. The van der Waals surface area contributed by atoms with Crippen molar-refractivity contribution in [3.63, 3.8) is 0 Å². The quantitative estimate of drug-likeness (QED) is 0.774. The van der Waals surface area contributed by atoms with E-state index >= 15 is 0 Å². The molecule has 0 saturated carbocycles. The number of rotatable bonds is 7. The van der Waals surface area contributed by atoms with Crippen LogP contribution in [0.5, 0.6) is 5.75 Å². The van der Waals surface area contributed by atoms with Gasteiger partial charge in [0.05, 0.1) is 13.7 Å². The Bertz CT molecular complexity index is 380. The molecule has 0 amide bonds. The minimum absolute atomic E-state index is 0.0516. The molecule has 0 spiro atoms. The number of hydrogen-bond donors (Lipinski definition) is 1. The van der Waals surface area contributed by atoms with Crippen molar-refractivity contribution in [1.82, 2.24) is 5.32 Å². The fourth-order valence-corrected chi connectivity index (χ4v) is 2.05. The average molecular weight is 272 g/mol. The van der Waals surface area contributed by atoms with E-state index in [0.29, 0.717) is 6.61 Å². The Hall–Kier alpha value is -0.770. The first-order valence-electron chi connectivity index (χ1n) is 6.05. The van der Waals surface area contributed by atoms with Gasteiger partial charge in [-0.2, -0.15) is 0 Å². The summed E-state index contributed by atoms with van der Waals surface area (Å²) in [6.07, 6.45) is 0. The first-order chi connectivity index (χ1) is 8.51. The lowest BCUT2D eigenvalue weighted by molar-refractivity contribution is 0.197. The predicted molar refractivity (Wildman–Crippen MR) is 75.8 cm³/mol. The Labute approximate surface area is 114 Å². The second-order valence-electron chi connectivity index (χ2n) is 4.90. The molecule has 3 nitrogen and oxygen atoms in total. The number of methoxy groups -OCH3 is 2. The molecule has 1 rings (SSSR count). The van der Waals surface area contributed by atoms with Gasteiger partial charge in [-0.1, -0.05) is 25.4 Å². The van der Waals surface area contributed by atoms with Crippen LogP contribution in [0.25, 0.3) is 0 Å². The predicted octanol–water partition coefficient (Wildman–Crippen LogP) is 2.86. The molecule has 18 heavy (non-hydrogen) atoms.